The molecule has 42 heavy (non-hydrogen) atoms. The van der Waals surface area contributed by atoms with Crippen molar-refractivity contribution in [2.45, 2.75) is 19.0 Å². The third-order valence-corrected chi connectivity index (χ3v) is 8.39. The molecule has 0 spiro atoms. The molecule has 3 aromatic rings. The fraction of sp³-hybridized carbons (Fsp3) is 0.226. The van der Waals surface area contributed by atoms with Crippen LogP contribution in [0.4, 0.5) is 21.5 Å². The minimum Gasteiger partial charge on any atom is -0.373 e. The molecule has 1 saturated carbocycles. The zero-order chi connectivity index (χ0) is 29.4. The van der Waals surface area contributed by atoms with Gasteiger partial charge in [-0.2, -0.15) is 5.26 Å². The maximum atomic E-state index is 13.8. The molecule has 1 unspecified atom stereocenters. The fourth-order valence-electron chi connectivity index (χ4n) is 5.65. The molecule has 5 N–H and O–H groups in total. The van der Waals surface area contributed by atoms with Crippen LogP contribution in [0.25, 0.3) is 10.9 Å². The molecule has 0 amide bonds. The van der Waals surface area contributed by atoms with Gasteiger partial charge in [-0.15, -0.1) is 5.53 Å². The Labute approximate surface area is 253 Å². The molecule has 3 heterocycles. The number of halogens is 3. The number of benzene rings is 2. The number of aromatic nitrogens is 1. The van der Waals surface area contributed by atoms with Gasteiger partial charge in [-0.3, -0.25) is 9.99 Å². The predicted octanol–water partition coefficient (Wildman–Crippen LogP) is 6.15. The van der Waals surface area contributed by atoms with Gasteiger partial charge >= 0.3 is 0 Å². The molecule has 1 saturated heterocycles. The molecule has 0 bridgehead atoms. The molecular weight excluding hydrogens is 574 g/mol. The van der Waals surface area contributed by atoms with Crippen LogP contribution in [0.3, 0.4) is 0 Å². The number of rotatable bonds is 9. The van der Waals surface area contributed by atoms with E-state index >= 15 is 0 Å². The number of hydrogen-bond acceptors (Lipinski definition) is 8. The van der Waals surface area contributed by atoms with Gasteiger partial charge in [0.25, 0.3) is 0 Å². The van der Waals surface area contributed by atoms with E-state index in [1.807, 2.05) is 37.3 Å². The molecule has 8 nitrogen and oxygen atoms in total. The van der Waals surface area contributed by atoms with Gasteiger partial charge in [-0.1, -0.05) is 54.1 Å². The number of fused-ring (bicyclic) bond motifs is 2. The highest BCUT2D eigenvalue weighted by Gasteiger charge is 2.56. The second kappa shape index (κ2) is 11.7. The number of pyridine rings is 1. The highest BCUT2D eigenvalue weighted by Crippen LogP contribution is 2.46. The van der Waals surface area contributed by atoms with Crippen molar-refractivity contribution in [2.75, 3.05) is 23.7 Å². The van der Waals surface area contributed by atoms with Crippen molar-refractivity contribution >= 4 is 51.2 Å². The maximum Gasteiger partial charge on any atom is 0.141 e. The Hall–Kier alpha value is -4.07. The van der Waals surface area contributed by atoms with Gasteiger partial charge in [-0.25, -0.2) is 4.39 Å². The molecular formula is C31H29Cl2FN8. The lowest BCUT2D eigenvalue weighted by Crippen LogP contribution is -2.42. The van der Waals surface area contributed by atoms with Gasteiger partial charge in [0.05, 0.1) is 44.6 Å². The molecule has 0 radical (unpaired) electrons. The highest BCUT2D eigenvalue weighted by molar-refractivity contribution is 6.36. The van der Waals surface area contributed by atoms with Gasteiger partial charge in [-0.05, 0) is 54.7 Å². The van der Waals surface area contributed by atoms with Crippen LogP contribution in [-0.4, -0.2) is 35.2 Å². The Morgan fingerprint density at radius 2 is 1.98 bits per heavy atom. The number of nitrogens with zero attached hydrogens (tertiary/aromatic N) is 3. The maximum absolute atomic E-state index is 13.8. The summed E-state index contributed by atoms with van der Waals surface area (Å²) in [6.07, 6.45) is 11.4. The summed E-state index contributed by atoms with van der Waals surface area (Å²) in [4.78, 5) is 4.44. The van der Waals surface area contributed by atoms with Gasteiger partial charge in [0, 0.05) is 42.2 Å². The van der Waals surface area contributed by atoms with Crippen LogP contribution in [0, 0.1) is 29.0 Å². The Morgan fingerprint density at radius 1 is 1.19 bits per heavy atom. The Balaban J connectivity index is 1.36. The third-order valence-electron chi connectivity index (χ3n) is 7.82. The van der Waals surface area contributed by atoms with E-state index in [0.29, 0.717) is 56.4 Å². The van der Waals surface area contributed by atoms with E-state index in [4.69, 9.17) is 23.2 Å². The first-order valence-electron chi connectivity index (χ1n) is 13.6. The molecule has 4 atom stereocenters. The lowest BCUT2D eigenvalue weighted by molar-refractivity contribution is 0.235. The van der Waals surface area contributed by atoms with Crippen LogP contribution in [0.2, 0.25) is 10.0 Å². The van der Waals surface area contributed by atoms with E-state index in [9.17, 15) is 9.65 Å². The van der Waals surface area contributed by atoms with Gasteiger partial charge < -0.3 is 21.4 Å². The van der Waals surface area contributed by atoms with Gasteiger partial charge in [0.1, 0.15) is 11.9 Å². The van der Waals surface area contributed by atoms with Gasteiger partial charge in [0.2, 0.25) is 0 Å². The summed E-state index contributed by atoms with van der Waals surface area (Å²) in [5.41, 5.74) is 10.9. The second-order valence-electron chi connectivity index (χ2n) is 10.5. The standard InChI is InChI=1S/C31H29Cl2FN8/c1-3-4-5-6-17(2)28(27-16-42(41-40-27)31-22-14-36-15-23(22)31)39-20-9-21-29(38-19-7-8-26(34)24(32)10-19)18(12-35)13-37-30(21)25(33)11-20/h3-11,13,16,22-23,28,31,36,39-41H,2,14-15H2,1H3,(H,37,38)/b4-3-,6-5-/t22-,23+,28-,31?/m0/s1. The van der Waals surface area contributed by atoms with Crippen molar-refractivity contribution in [1.29, 1.82) is 5.26 Å². The molecule has 6 rings (SSSR count). The largest absolute Gasteiger partial charge is 0.373 e. The molecule has 2 aliphatic heterocycles. The lowest BCUT2D eigenvalue weighted by Gasteiger charge is -2.22. The van der Waals surface area contributed by atoms with Crippen molar-refractivity contribution in [1.82, 2.24) is 26.3 Å². The van der Waals surface area contributed by atoms with Crippen LogP contribution >= 0.6 is 23.2 Å². The van der Waals surface area contributed by atoms with Crippen molar-refractivity contribution in [2.24, 2.45) is 11.8 Å². The molecule has 2 aromatic carbocycles. The van der Waals surface area contributed by atoms with Crippen molar-refractivity contribution < 1.29 is 4.39 Å². The lowest BCUT2D eigenvalue weighted by atomic mass is 10.0. The number of allylic oxidation sites excluding steroid dienone is 3. The summed E-state index contributed by atoms with van der Waals surface area (Å²) >= 11 is 12.8. The minimum absolute atomic E-state index is 0.0318. The quantitative estimate of drug-likeness (QED) is 0.186. The number of nitriles is 1. The van der Waals surface area contributed by atoms with Crippen LogP contribution in [0.5, 0.6) is 0 Å². The van der Waals surface area contributed by atoms with Crippen LogP contribution in [-0.2, 0) is 0 Å². The van der Waals surface area contributed by atoms with Crippen molar-refractivity contribution in [3.8, 4) is 6.07 Å². The summed E-state index contributed by atoms with van der Waals surface area (Å²) in [6, 6.07) is 10.3. The Bertz CT molecular complexity index is 1680. The topological polar surface area (TPSA) is 100 Å². The average Bonchev–Trinajstić information content (AvgIpc) is 3.31. The van der Waals surface area contributed by atoms with E-state index < -0.39 is 5.82 Å². The number of nitrogens with one attached hydrogen (secondary N) is 5. The molecule has 214 valence electrons. The van der Waals surface area contributed by atoms with E-state index in [2.05, 4.69) is 55.8 Å². The monoisotopic (exact) mass is 602 g/mol. The minimum atomic E-state index is -0.531. The summed E-state index contributed by atoms with van der Waals surface area (Å²) < 4.78 is 13.8. The molecule has 2 fully saturated rings. The first-order valence-corrected chi connectivity index (χ1v) is 14.3. The van der Waals surface area contributed by atoms with E-state index in [-0.39, 0.29) is 11.1 Å². The van der Waals surface area contributed by atoms with Crippen molar-refractivity contribution in [3.63, 3.8) is 0 Å². The highest BCUT2D eigenvalue weighted by atomic mass is 35.5. The Kier molecular flexibility index (Phi) is 7.80. The number of piperidine rings is 1. The van der Waals surface area contributed by atoms with Crippen molar-refractivity contribution in [3.05, 3.63) is 106 Å². The first kappa shape index (κ1) is 28.1. The van der Waals surface area contributed by atoms with Crippen LogP contribution in [0.1, 0.15) is 12.5 Å². The average molecular weight is 604 g/mol. The van der Waals surface area contributed by atoms with Gasteiger partial charge in [0.15, 0.2) is 0 Å². The normalized spacial score (nSPS) is 21.7. The first-order chi connectivity index (χ1) is 20.4. The predicted molar refractivity (Wildman–Crippen MR) is 166 cm³/mol. The van der Waals surface area contributed by atoms with E-state index in [0.717, 1.165) is 24.4 Å². The second-order valence-corrected chi connectivity index (χ2v) is 11.3. The zero-order valence-electron chi connectivity index (χ0n) is 22.8. The fourth-order valence-corrected chi connectivity index (χ4v) is 6.10. The summed E-state index contributed by atoms with van der Waals surface area (Å²) in [6.45, 7) is 8.37. The Morgan fingerprint density at radius 3 is 2.71 bits per heavy atom. The van der Waals surface area contributed by atoms with E-state index in [1.165, 1.54) is 18.3 Å². The molecule has 3 aliphatic rings. The number of hydrogen-bond donors (Lipinski definition) is 5. The molecule has 1 aliphatic carbocycles. The number of hydrazine groups is 2. The number of anilines is 3. The zero-order valence-corrected chi connectivity index (χ0v) is 24.3. The summed E-state index contributed by atoms with van der Waals surface area (Å²) in [5, 5.41) is 23.2. The third kappa shape index (κ3) is 5.42. The summed E-state index contributed by atoms with van der Waals surface area (Å²) in [7, 11) is 0. The van der Waals surface area contributed by atoms with Crippen LogP contribution in [0.15, 0.2) is 84.9 Å². The van der Waals surface area contributed by atoms with Crippen LogP contribution < -0.4 is 26.9 Å². The molecule has 11 heteroatoms. The molecule has 1 aromatic heterocycles. The van der Waals surface area contributed by atoms with E-state index in [1.54, 1.807) is 12.1 Å². The smallest absolute Gasteiger partial charge is 0.141 e. The summed E-state index contributed by atoms with van der Waals surface area (Å²) in [5.74, 6) is 0.750. The SMILES string of the molecule is C=C(/C=C\C=C/C)[C@H](Nc1cc(Cl)c2ncc(C#N)c(Nc3ccc(F)c(Cl)c3)c2c1)C1=CN(C2[C@H]3CNC[C@@H]23)NN1.